The number of hydrogen-bond acceptors (Lipinski definition) is 6. The zero-order valence-corrected chi connectivity index (χ0v) is 12.8. The van der Waals surface area contributed by atoms with Gasteiger partial charge in [-0.2, -0.15) is 0 Å². The predicted molar refractivity (Wildman–Crippen MR) is 85.8 cm³/mol. The van der Waals surface area contributed by atoms with Crippen LogP contribution in [0.5, 0.6) is 5.75 Å². The largest absolute Gasteiger partial charge is 0.495 e. The summed E-state index contributed by atoms with van der Waals surface area (Å²) in [7, 11) is 1.65. The van der Waals surface area contributed by atoms with Gasteiger partial charge in [-0.1, -0.05) is 0 Å². The third kappa shape index (κ3) is 2.70. The normalized spacial score (nSPS) is 15.1. The van der Waals surface area contributed by atoms with E-state index in [4.69, 9.17) is 9.47 Å². The smallest absolute Gasteiger partial charge is 0.225 e. The Kier molecular flexibility index (Phi) is 3.55. The third-order valence-electron chi connectivity index (χ3n) is 3.89. The molecule has 1 aliphatic rings. The van der Waals surface area contributed by atoms with Crippen LogP contribution in [0.25, 0.3) is 16.9 Å². The fraction of sp³-hybridized carbons (Fsp3) is 0.312. The second-order valence-corrected chi connectivity index (χ2v) is 5.33. The molecule has 4 heterocycles. The van der Waals surface area contributed by atoms with Crippen LogP contribution < -0.4 is 9.64 Å². The summed E-state index contributed by atoms with van der Waals surface area (Å²) in [6, 6.07) is 3.81. The Morgan fingerprint density at radius 1 is 1.09 bits per heavy atom. The number of ether oxygens (including phenoxy) is 2. The maximum atomic E-state index is 5.35. The lowest BCUT2D eigenvalue weighted by Gasteiger charge is -2.26. The SMILES string of the molecule is COc1ccc2nc(-c3cnc(N4CCOCC4)nc3)cn2c1. The quantitative estimate of drug-likeness (QED) is 0.732. The monoisotopic (exact) mass is 311 g/mol. The number of fused-ring (bicyclic) bond motifs is 1. The van der Waals surface area contributed by atoms with Crippen molar-refractivity contribution in [2.24, 2.45) is 0 Å². The molecule has 7 nitrogen and oxygen atoms in total. The van der Waals surface area contributed by atoms with Crippen LogP contribution in [0.3, 0.4) is 0 Å². The van der Waals surface area contributed by atoms with Crippen molar-refractivity contribution >= 4 is 11.6 Å². The zero-order valence-electron chi connectivity index (χ0n) is 12.8. The van der Waals surface area contributed by atoms with Crippen LogP contribution in [-0.4, -0.2) is 52.8 Å². The number of imidazole rings is 1. The summed E-state index contributed by atoms with van der Waals surface area (Å²) in [5, 5.41) is 0. The van der Waals surface area contributed by atoms with E-state index in [1.54, 1.807) is 7.11 Å². The zero-order chi connectivity index (χ0) is 15.6. The Balaban J connectivity index is 1.62. The van der Waals surface area contributed by atoms with E-state index in [9.17, 15) is 0 Å². The molecule has 3 aromatic heterocycles. The molecular formula is C16H17N5O2. The molecule has 1 fully saturated rings. The molecule has 0 unspecified atom stereocenters. The van der Waals surface area contributed by atoms with Gasteiger partial charge in [-0.3, -0.25) is 0 Å². The van der Waals surface area contributed by atoms with Crippen molar-refractivity contribution < 1.29 is 9.47 Å². The molecule has 0 spiro atoms. The maximum absolute atomic E-state index is 5.35. The van der Waals surface area contributed by atoms with Gasteiger partial charge in [0.2, 0.25) is 5.95 Å². The molecule has 0 radical (unpaired) electrons. The van der Waals surface area contributed by atoms with Crippen molar-refractivity contribution in [1.29, 1.82) is 0 Å². The predicted octanol–water partition coefficient (Wildman–Crippen LogP) is 1.64. The molecule has 23 heavy (non-hydrogen) atoms. The lowest BCUT2D eigenvalue weighted by atomic mass is 10.3. The molecule has 1 aliphatic heterocycles. The second kappa shape index (κ2) is 5.85. The summed E-state index contributed by atoms with van der Waals surface area (Å²) in [5.41, 5.74) is 2.59. The molecule has 0 saturated carbocycles. The first kappa shape index (κ1) is 14.0. The lowest BCUT2D eigenvalue weighted by molar-refractivity contribution is 0.122. The van der Waals surface area contributed by atoms with Crippen LogP contribution in [0, 0.1) is 0 Å². The number of pyridine rings is 1. The average molecular weight is 311 g/mol. The second-order valence-electron chi connectivity index (χ2n) is 5.33. The highest BCUT2D eigenvalue weighted by atomic mass is 16.5. The maximum Gasteiger partial charge on any atom is 0.225 e. The molecule has 0 aliphatic carbocycles. The van der Waals surface area contributed by atoms with Gasteiger partial charge >= 0.3 is 0 Å². The number of morpholine rings is 1. The molecule has 7 heteroatoms. The summed E-state index contributed by atoms with van der Waals surface area (Å²) < 4.78 is 12.5. The highest BCUT2D eigenvalue weighted by Gasteiger charge is 2.14. The first-order chi connectivity index (χ1) is 11.3. The van der Waals surface area contributed by atoms with E-state index in [2.05, 4.69) is 19.9 Å². The first-order valence-corrected chi connectivity index (χ1v) is 7.51. The third-order valence-corrected chi connectivity index (χ3v) is 3.89. The molecule has 118 valence electrons. The van der Waals surface area contributed by atoms with Gasteiger partial charge in [0.1, 0.15) is 11.4 Å². The van der Waals surface area contributed by atoms with E-state index in [0.29, 0.717) is 0 Å². The number of methoxy groups -OCH3 is 1. The van der Waals surface area contributed by atoms with Crippen LogP contribution in [0.15, 0.2) is 36.9 Å². The van der Waals surface area contributed by atoms with E-state index >= 15 is 0 Å². The lowest BCUT2D eigenvalue weighted by Crippen LogP contribution is -2.37. The number of nitrogens with zero attached hydrogens (tertiary/aromatic N) is 5. The highest BCUT2D eigenvalue weighted by molar-refractivity contribution is 5.61. The Hall–Kier alpha value is -2.67. The molecule has 0 aromatic carbocycles. The van der Waals surface area contributed by atoms with Crippen molar-refractivity contribution in [1.82, 2.24) is 19.4 Å². The van der Waals surface area contributed by atoms with Gasteiger partial charge in [-0.15, -0.1) is 0 Å². The number of anilines is 1. The van der Waals surface area contributed by atoms with Crippen LogP contribution in [0.2, 0.25) is 0 Å². The minimum atomic E-state index is 0.722. The number of hydrogen-bond donors (Lipinski definition) is 0. The van der Waals surface area contributed by atoms with E-state index < -0.39 is 0 Å². The minimum absolute atomic E-state index is 0.722. The fourth-order valence-corrected chi connectivity index (χ4v) is 2.61. The van der Waals surface area contributed by atoms with Crippen molar-refractivity contribution in [3.05, 3.63) is 36.9 Å². The highest BCUT2D eigenvalue weighted by Crippen LogP contribution is 2.21. The molecule has 3 aromatic rings. The van der Waals surface area contributed by atoms with E-state index in [0.717, 1.165) is 54.9 Å². The molecule has 0 N–H and O–H groups in total. The van der Waals surface area contributed by atoms with Crippen molar-refractivity contribution in [3.63, 3.8) is 0 Å². The summed E-state index contributed by atoms with van der Waals surface area (Å²) in [4.78, 5) is 15.7. The molecule has 0 atom stereocenters. The van der Waals surface area contributed by atoms with Crippen molar-refractivity contribution in [3.8, 4) is 17.0 Å². The summed E-state index contributed by atoms with van der Waals surface area (Å²) in [5.74, 6) is 1.53. The summed E-state index contributed by atoms with van der Waals surface area (Å²) in [6.45, 7) is 3.10. The van der Waals surface area contributed by atoms with Gasteiger partial charge in [-0.05, 0) is 12.1 Å². The molecule has 1 saturated heterocycles. The van der Waals surface area contributed by atoms with Gasteiger partial charge in [0, 0.05) is 37.2 Å². The number of rotatable bonds is 3. The van der Waals surface area contributed by atoms with E-state index in [-0.39, 0.29) is 0 Å². The van der Waals surface area contributed by atoms with Crippen LogP contribution in [-0.2, 0) is 4.74 Å². The Labute approximate surface area is 133 Å². The van der Waals surface area contributed by atoms with E-state index in [1.165, 1.54) is 0 Å². The van der Waals surface area contributed by atoms with Crippen LogP contribution >= 0.6 is 0 Å². The molecule has 4 rings (SSSR count). The summed E-state index contributed by atoms with van der Waals surface area (Å²) >= 11 is 0. The number of aromatic nitrogens is 4. The summed E-state index contributed by atoms with van der Waals surface area (Å²) in [6.07, 6.45) is 7.48. The Bertz CT molecular complexity index is 809. The van der Waals surface area contributed by atoms with Gasteiger partial charge in [0.15, 0.2) is 0 Å². The first-order valence-electron chi connectivity index (χ1n) is 7.51. The van der Waals surface area contributed by atoms with Crippen molar-refractivity contribution in [2.75, 3.05) is 38.3 Å². The minimum Gasteiger partial charge on any atom is -0.495 e. The van der Waals surface area contributed by atoms with E-state index in [1.807, 2.05) is 41.3 Å². The van der Waals surface area contributed by atoms with Crippen LogP contribution in [0.4, 0.5) is 5.95 Å². The average Bonchev–Trinajstić information content (AvgIpc) is 3.05. The van der Waals surface area contributed by atoms with Crippen molar-refractivity contribution in [2.45, 2.75) is 0 Å². The molecule has 0 amide bonds. The van der Waals surface area contributed by atoms with Gasteiger partial charge in [0.05, 0.1) is 32.2 Å². The molecule has 0 bridgehead atoms. The standard InChI is InChI=1S/C16H17N5O2/c1-22-13-2-3-15-19-14(11-21(15)10-13)12-8-17-16(18-9-12)20-4-6-23-7-5-20/h2-3,8-11H,4-7H2,1H3. The van der Waals surface area contributed by atoms with Gasteiger partial charge < -0.3 is 18.8 Å². The van der Waals surface area contributed by atoms with Crippen LogP contribution in [0.1, 0.15) is 0 Å². The van der Waals surface area contributed by atoms with Gasteiger partial charge in [0.25, 0.3) is 0 Å². The Morgan fingerprint density at radius 3 is 2.61 bits per heavy atom. The molecular weight excluding hydrogens is 294 g/mol. The topological polar surface area (TPSA) is 64.8 Å². The Morgan fingerprint density at radius 2 is 1.87 bits per heavy atom. The fourth-order valence-electron chi connectivity index (χ4n) is 2.61. The van der Waals surface area contributed by atoms with Gasteiger partial charge in [-0.25, -0.2) is 15.0 Å².